The molecule has 1 aromatic carbocycles. The number of benzene rings is 1. The fourth-order valence-electron chi connectivity index (χ4n) is 3.19. The minimum atomic E-state index is -0.253. The second kappa shape index (κ2) is 7.91. The number of fused-ring (bicyclic) bond motifs is 1. The molecule has 1 aromatic heterocycles. The SMILES string of the molecule is CCCCOC(=O)C1CCn2c(C(=O)c3ccc(SC)cc3)ccc21. The molecule has 2 aromatic rings. The van der Waals surface area contributed by atoms with E-state index >= 15 is 0 Å². The number of hydrogen-bond acceptors (Lipinski definition) is 4. The standard InChI is InChI=1S/C20H23NO3S/c1-3-4-13-24-20(23)16-11-12-21-17(16)9-10-18(21)19(22)14-5-7-15(25-2)8-6-14/h5-10,16H,3-4,11-13H2,1-2H3. The summed E-state index contributed by atoms with van der Waals surface area (Å²) in [6, 6.07) is 11.4. The number of unbranched alkanes of at least 4 members (excludes halogenated alkanes) is 1. The van der Waals surface area contributed by atoms with Gasteiger partial charge < -0.3 is 9.30 Å². The highest BCUT2D eigenvalue weighted by atomic mass is 32.2. The molecule has 4 nitrogen and oxygen atoms in total. The van der Waals surface area contributed by atoms with Crippen LogP contribution in [-0.4, -0.2) is 29.2 Å². The summed E-state index contributed by atoms with van der Waals surface area (Å²) in [4.78, 5) is 26.2. The molecule has 0 amide bonds. The predicted molar refractivity (Wildman–Crippen MR) is 99.3 cm³/mol. The fourth-order valence-corrected chi connectivity index (χ4v) is 3.60. The number of hydrogen-bond donors (Lipinski definition) is 0. The fraction of sp³-hybridized carbons (Fsp3) is 0.400. The molecule has 1 aliphatic rings. The van der Waals surface area contributed by atoms with Gasteiger partial charge in [-0.25, -0.2) is 0 Å². The Kier molecular flexibility index (Phi) is 5.63. The van der Waals surface area contributed by atoms with Crippen molar-refractivity contribution >= 4 is 23.5 Å². The van der Waals surface area contributed by atoms with Gasteiger partial charge in [-0.05, 0) is 55.5 Å². The van der Waals surface area contributed by atoms with E-state index in [0.29, 0.717) is 30.8 Å². The van der Waals surface area contributed by atoms with Crippen LogP contribution in [0.4, 0.5) is 0 Å². The summed E-state index contributed by atoms with van der Waals surface area (Å²) in [5, 5.41) is 0. The van der Waals surface area contributed by atoms with E-state index in [0.717, 1.165) is 23.4 Å². The molecule has 1 atom stereocenters. The molecule has 1 unspecified atom stereocenters. The average Bonchev–Trinajstić information content (AvgIpc) is 3.23. The summed E-state index contributed by atoms with van der Waals surface area (Å²) in [7, 11) is 0. The van der Waals surface area contributed by atoms with Gasteiger partial charge in [0.1, 0.15) is 0 Å². The van der Waals surface area contributed by atoms with Gasteiger partial charge >= 0.3 is 5.97 Å². The maximum absolute atomic E-state index is 12.8. The highest BCUT2D eigenvalue weighted by Crippen LogP contribution is 2.32. The third-order valence-electron chi connectivity index (χ3n) is 4.62. The topological polar surface area (TPSA) is 48.3 Å². The van der Waals surface area contributed by atoms with Gasteiger partial charge in [0.25, 0.3) is 0 Å². The van der Waals surface area contributed by atoms with Gasteiger partial charge in [0.05, 0.1) is 18.2 Å². The Labute approximate surface area is 152 Å². The number of thioether (sulfide) groups is 1. The number of nitrogens with zero attached hydrogens (tertiary/aromatic N) is 1. The quantitative estimate of drug-likeness (QED) is 0.321. The molecule has 2 heterocycles. The first kappa shape index (κ1) is 17.8. The zero-order valence-corrected chi connectivity index (χ0v) is 15.5. The van der Waals surface area contributed by atoms with Crippen LogP contribution in [-0.2, 0) is 16.1 Å². The molecule has 0 bridgehead atoms. The van der Waals surface area contributed by atoms with E-state index in [-0.39, 0.29) is 17.7 Å². The van der Waals surface area contributed by atoms with Crippen LogP contribution in [0.25, 0.3) is 0 Å². The largest absolute Gasteiger partial charge is 0.465 e. The van der Waals surface area contributed by atoms with Crippen LogP contribution in [0.15, 0.2) is 41.3 Å². The van der Waals surface area contributed by atoms with Crippen molar-refractivity contribution in [3.8, 4) is 0 Å². The number of aromatic nitrogens is 1. The predicted octanol–water partition coefficient (Wildman–Crippen LogP) is 4.27. The van der Waals surface area contributed by atoms with Crippen LogP contribution < -0.4 is 0 Å². The van der Waals surface area contributed by atoms with E-state index in [1.165, 1.54) is 0 Å². The molecule has 0 N–H and O–H groups in total. The zero-order valence-electron chi connectivity index (χ0n) is 14.7. The first-order valence-electron chi connectivity index (χ1n) is 8.70. The molecule has 0 saturated carbocycles. The Hall–Kier alpha value is -2.01. The number of esters is 1. The lowest BCUT2D eigenvalue weighted by Crippen LogP contribution is -2.14. The van der Waals surface area contributed by atoms with Crippen molar-refractivity contribution in [1.29, 1.82) is 0 Å². The van der Waals surface area contributed by atoms with Gasteiger partial charge in [0, 0.05) is 22.7 Å². The van der Waals surface area contributed by atoms with E-state index in [1.807, 2.05) is 47.2 Å². The Morgan fingerprint density at radius 1 is 1.20 bits per heavy atom. The van der Waals surface area contributed by atoms with E-state index in [9.17, 15) is 9.59 Å². The summed E-state index contributed by atoms with van der Waals surface area (Å²) in [5.74, 6) is -0.426. The molecule has 0 saturated heterocycles. The number of ketones is 1. The second-order valence-corrected chi connectivity index (χ2v) is 7.09. The van der Waals surface area contributed by atoms with Gasteiger partial charge in [-0.2, -0.15) is 0 Å². The van der Waals surface area contributed by atoms with Crippen LogP contribution in [0.1, 0.15) is 53.8 Å². The molecular formula is C20H23NO3S. The lowest BCUT2D eigenvalue weighted by Gasteiger charge is -2.09. The van der Waals surface area contributed by atoms with Gasteiger partial charge in [0.15, 0.2) is 0 Å². The number of carbonyl (C=O) groups is 2. The van der Waals surface area contributed by atoms with Crippen molar-refractivity contribution in [2.75, 3.05) is 12.9 Å². The molecular weight excluding hydrogens is 334 g/mol. The molecule has 0 radical (unpaired) electrons. The Bertz CT molecular complexity index is 764. The highest BCUT2D eigenvalue weighted by molar-refractivity contribution is 7.98. The summed E-state index contributed by atoms with van der Waals surface area (Å²) in [6.45, 7) is 3.22. The van der Waals surface area contributed by atoms with E-state index in [2.05, 4.69) is 6.92 Å². The van der Waals surface area contributed by atoms with Crippen molar-refractivity contribution < 1.29 is 14.3 Å². The smallest absolute Gasteiger partial charge is 0.315 e. The molecule has 0 spiro atoms. The maximum Gasteiger partial charge on any atom is 0.315 e. The van der Waals surface area contributed by atoms with Crippen LogP contribution in [0, 0.1) is 0 Å². The van der Waals surface area contributed by atoms with Gasteiger partial charge in [0.2, 0.25) is 5.78 Å². The molecule has 0 fully saturated rings. The first-order chi connectivity index (χ1) is 12.2. The van der Waals surface area contributed by atoms with Crippen LogP contribution in [0.5, 0.6) is 0 Å². The summed E-state index contributed by atoms with van der Waals surface area (Å²) in [6.07, 6.45) is 4.60. The highest BCUT2D eigenvalue weighted by Gasteiger charge is 2.32. The second-order valence-electron chi connectivity index (χ2n) is 6.22. The zero-order chi connectivity index (χ0) is 17.8. The van der Waals surface area contributed by atoms with E-state index in [4.69, 9.17) is 4.74 Å². The molecule has 5 heteroatoms. The summed E-state index contributed by atoms with van der Waals surface area (Å²) in [5.41, 5.74) is 2.22. The third-order valence-corrected chi connectivity index (χ3v) is 5.37. The minimum Gasteiger partial charge on any atom is -0.465 e. The maximum atomic E-state index is 12.8. The molecule has 3 rings (SSSR count). The number of rotatable bonds is 7. The third kappa shape index (κ3) is 3.66. The average molecular weight is 357 g/mol. The molecule has 132 valence electrons. The Morgan fingerprint density at radius 2 is 1.96 bits per heavy atom. The minimum absolute atomic E-state index is 0.00102. The van der Waals surface area contributed by atoms with Gasteiger partial charge in [-0.1, -0.05) is 13.3 Å². The van der Waals surface area contributed by atoms with Crippen LogP contribution >= 0.6 is 11.8 Å². The lowest BCUT2D eigenvalue weighted by molar-refractivity contribution is -0.145. The molecule has 0 aliphatic carbocycles. The van der Waals surface area contributed by atoms with Crippen molar-refractivity contribution in [2.45, 2.75) is 43.5 Å². The molecule has 25 heavy (non-hydrogen) atoms. The normalized spacial score (nSPS) is 15.8. The Balaban J connectivity index is 1.76. The van der Waals surface area contributed by atoms with E-state index in [1.54, 1.807) is 11.8 Å². The van der Waals surface area contributed by atoms with Gasteiger partial charge in [-0.15, -0.1) is 11.8 Å². The van der Waals surface area contributed by atoms with Crippen LogP contribution in [0.2, 0.25) is 0 Å². The summed E-state index contributed by atoms with van der Waals surface area (Å²) >= 11 is 1.65. The van der Waals surface area contributed by atoms with Crippen molar-refractivity contribution in [3.63, 3.8) is 0 Å². The molecule has 1 aliphatic heterocycles. The lowest BCUT2D eigenvalue weighted by atomic mass is 10.1. The van der Waals surface area contributed by atoms with Crippen LogP contribution in [0.3, 0.4) is 0 Å². The van der Waals surface area contributed by atoms with Gasteiger partial charge in [-0.3, -0.25) is 9.59 Å². The van der Waals surface area contributed by atoms with Crippen molar-refractivity contribution in [3.05, 3.63) is 53.3 Å². The number of carbonyl (C=O) groups excluding carboxylic acids is 2. The van der Waals surface area contributed by atoms with E-state index < -0.39 is 0 Å². The monoisotopic (exact) mass is 357 g/mol. The first-order valence-corrected chi connectivity index (χ1v) is 9.93. The van der Waals surface area contributed by atoms with Crippen molar-refractivity contribution in [2.24, 2.45) is 0 Å². The Morgan fingerprint density at radius 3 is 2.64 bits per heavy atom. The van der Waals surface area contributed by atoms with Crippen molar-refractivity contribution in [1.82, 2.24) is 4.57 Å². The summed E-state index contributed by atoms with van der Waals surface area (Å²) < 4.78 is 7.33. The number of ether oxygens (including phenoxy) is 1.